The van der Waals surface area contributed by atoms with Crippen molar-refractivity contribution >= 4 is 46.6 Å². The number of hydrogen-bond acceptors (Lipinski definition) is 0. The Balaban J connectivity index is 0.00000162. The molecule has 2 unspecified atom stereocenters. The molecule has 0 saturated heterocycles. The molecule has 3 aromatic rings. The van der Waals surface area contributed by atoms with Crippen LogP contribution in [0.25, 0.3) is 16.3 Å². The zero-order valence-electron chi connectivity index (χ0n) is 20.9. The Kier molecular flexibility index (Phi) is 8.73. The second-order valence-corrected chi connectivity index (χ2v) is 27.1. The fourth-order valence-electron chi connectivity index (χ4n) is 5.75. The summed E-state index contributed by atoms with van der Waals surface area (Å²) in [6, 6.07) is 25.0. The molecule has 0 aliphatic heterocycles. The van der Waals surface area contributed by atoms with E-state index < -0.39 is 20.4 Å². The second-order valence-electron chi connectivity index (χ2n) is 9.69. The monoisotopic (exact) mass is 582 g/mol. The molecule has 0 N–H and O–H groups in total. The molecule has 0 aromatic heterocycles. The van der Waals surface area contributed by atoms with Crippen molar-refractivity contribution in [3.63, 3.8) is 0 Å². The maximum Gasteiger partial charge on any atom is -0.147 e. The average Bonchev–Trinajstić information content (AvgIpc) is 3.26. The van der Waals surface area contributed by atoms with Gasteiger partial charge in [-0.1, -0.05) is 0 Å². The van der Waals surface area contributed by atoms with Gasteiger partial charge in [-0.15, -0.1) is 24.8 Å². The molecule has 0 saturated carbocycles. The Morgan fingerprint density at radius 3 is 2.06 bits per heavy atom. The van der Waals surface area contributed by atoms with Gasteiger partial charge < -0.3 is 0 Å². The summed E-state index contributed by atoms with van der Waals surface area (Å²) in [6.45, 7) is 14.8. The summed E-state index contributed by atoms with van der Waals surface area (Å²) in [5.74, 6) is 0.648. The number of benzene rings is 3. The molecule has 5 rings (SSSR count). The molecule has 34 heavy (non-hydrogen) atoms. The van der Waals surface area contributed by atoms with E-state index in [0.29, 0.717) is 9.54 Å². The predicted octanol–water partition coefficient (Wildman–Crippen LogP) is 9.30. The van der Waals surface area contributed by atoms with E-state index in [1.54, 1.807) is 22.3 Å². The summed E-state index contributed by atoms with van der Waals surface area (Å²) in [5, 5.41) is 2.65. The van der Waals surface area contributed by atoms with Crippen LogP contribution in [-0.2, 0) is 20.4 Å². The minimum absolute atomic E-state index is 0. The smallest absolute Gasteiger partial charge is 0.147 e. The third-order valence-electron chi connectivity index (χ3n) is 7.76. The Morgan fingerprint density at radius 2 is 1.41 bits per heavy atom. The number of allylic oxidation sites excluding steroid dienone is 5. The first-order chi connectivity index (χ1) is 15.4. The van der Waals surface area contributed by atoms with Crippen LogP contribution < -0.4 is 0 Å². The van der Waals surface area contributed by atoms with Crippen LogP contribution in [0.15, 0.2) is 92.8 Å². The van der Waals surface area contributed by atoms with Crippen LogP contribution in [0.3, 0.4) is 0 Å². The van der Waals surface area contributed by atoms with Gasteiger partial charge in [0.05, 0.1) is 0 Å². The van der Waals surface area contributed by atoms with Crippen molar-refractivity contribution in [1.82, 2.24) is 0 Å². The Hall–Kier alpha value is -1.18. The number of hydrogen-bond donors (Lipinski definition) is 0. The summed E-state index contributed by atoms with van der Waals surface area (Å²) < 4.78 is 2.56. The van der Waals surface area contributed by atoms with Crippen molar-refractivity contribution in [2.75, 3.05) is 0 Å². The van der Waals surface area contributed by atoms with Crippen molar-refractivity contribution in [2.45, 2.75) is 44.4 Å². The molecule has 0 bridgehead atoms. The number of halogens is 2. The predicted molar refractivity (Wildman–Crippen MR) is 152 cm³/mol. The van der Waals surface area contributed by atoms with Gasteiger partial charge in [-0.05, 0) is 0 Å². The van der Waals surface area contributed by atoms with Gasteiger partial charge in [0.15, 0.2) is 0 Å². The topological polar surface area (TPSA) is 0 Å². The largest absolute Gasteiger partial charge is 0.147 e. The third-order valence-corrected chi connectivity index (χ3v) is 26.3. The number of fused-ring (bicyclic) bond motifs is 2. The number of rotatable bonds is 3. The maximum atomic E-state index is 2.69. The van der Waals surface area contributed by atoms with Gasteiger partial charge in [0, 0.05) is 0 Å². The van der Waals surface area contributed by atoms with Crippen molar-refractivity contribution < 1.29 is 20.4 Å². The Morgan fingerprint density at radius 1 is 0.765 bits per heavy atom. The first-order valence-electron chi connectivity index (χ1n) is 11.7. The van der Waals surface area contributed by atoms with Crippen LogP contribution in [0.4, 0.5) is 0 Å². The molecule has 0 fully saturated rings. The SMILES string of the molecule is CC1=C(C)C(C)[C]([Zr]([CH]2C=C(c3ccc4ccccc4c3)c3ccccc32)=[Si](C)C)=C1C.Cl.Cl. The van der Waals surface area contributed by atoms with E-state index in [1.807, 2.05) is 3.28 Å². The first-order valence-corrected chi connectivity index (χ1v) is 20.6. The fraction of sp³-hybridized carbons (Fsp3) is 0.267. The van der Waals surface area contributed by atoms with E-state index in [9.17, 15) is 0 Å². The van der Waals surface area contributed by atoms with Crippen LogP contribution in [0.1, 0.15) is 48.0 Å². The molecule has 0 radical (unpaired) electrons. The van der Waals surface area contributed by atoms with Crippen LogP contribution in [0.2, 0.25) is 13.1 Å². The van der Waals surface area contributed by atoms with Gasteiger partial charge in [-0.3, -0.25) is 0 Å². The quantitative estimate of drug-likeness (QED) is 0.269. The fourth-order valence-corrected chi connectivity index (χ4v) is 25.4. The Bertz CT molecular complexity index is 1390. The molecule has 2 aliphatic carbocycles. The van der Waals surface area contributed by atoms with Crippen LogP contribution >= 0.6 is 24.8 Å². The van der Waals surface area contributed by atoms with E-state index in [-0.39, 0.29) is 30.2 Å². The van der Waals surface area contributed by atoms with E-state index in [1.165, 1.54) is 27.5 Å². The molecule has 176 valence electrons. The Labute approximate surface area is 225 Å². The summed E-state index contributed by atoms with van der Waals surface area (Å²) in [4.78, 5) is 0. The molecule has 3 aromatic carbocycles. The molecule has 0 amide bonds. The van der Waals surface area contributed by atoms with Crippen LogP contribution in [-0.4, -0.2) is 5.43 Å². The van der Waals surface area contributed by atoms with Gasteiger partial charge >= 0.3 is 202 Å². The van der Waals surface area contributed by atoms with Gasteiger partial charge in [-0.2, -0.15) is 0 Å². The van der Waals surface area contributed by atoms with Crippen molar-refractivity contribution in [3.8, 4) is 0 Å². The molecule has 0 heterocycles. The summed E-state index contributed by atoms with van der Waals surface area (Å²) >= 11 is -1.94. The van der Waals surface area contributed by atoms with E-state index in [4.69, 9.17) is 0 Å². The van der Waals surface area contributed by atoms with Gasteiger partial charge in [0.1, 0.15) is 0 Å². The summed E-state index contributed by atoms with van der Waals surface area (Å²) in [6.07, 6.45) is 2.69. The van der Waals surface area contributed by atoms with Crippen LogP contribution in [0.5, 0.6) is 0 Å². The minimum Gasteiger partial charge on any atom is -0.147 e. The van der Waals surface area contributed by atoms with Gasteiger partial charge in [0.2, 0.25) is 0 Å². The van der Waals surface area contributed by atoms with Crippen LogP contribution in [0, 0.1) is 5.92 Å². The molecule has 0 spiro atoms. The molecular formula is C30H34Cl2SiZr. The molecular weight excluding hydrogens is 551 g/mol. The van der Waals surface area contributed by atoms with Gasteiger partial charge in [0.25, 0.3) is 0 Å². The third kappa shape index (κ3) is 4.53. The molecule has 2 aliphatic rings. The van der Waals surface area contributed by atoms with E-state index in [2.05, 4.69) is 114 Å². The van der Waals surface area contributed by atoms with E-state index >= 15 is 0 Å². The average molecular weight is 585 g/mol. The van der Waals surface area contributed by atoms with Crippen molar-refractivity contribution in [3.05, 3.63) is 109 Å². The summed E-state index contributed by atoms with van der Waals surface area (Å²) in [7, 11) is 0. The standard InChI is InChI=1S/C19H13.C9H13.C2H6Si.2ClH.Zr/c1-2-7-16-13-17(10-9-14(16)5-1)19-12-11-15-6-3-4-8-18(15)19;1-6-5-7(2)9(4)8(6)3;1-3-2;;;/h1-13H;6H,1-4H3;1-2H3;2*1H;. The maximum absolute atomic E-state index is 2.69. The van der Waals surface area contributed by atoms with E-state index in [0.717, 1.165) is 0 Å². The molecule has 0 nitrogen and oxygen atoms in total. The zero-order chi connectivity index (χ0) is 22.6. The second kappa shape index (κ2) is 10.8. The molecule has 2 atom stereocenters. The van der Waals surface area contributed by atoms with Crippen molar-refractivity contribution in [2.24, 2.45) is 5.92 Å². The van der Waals surface area contributed by atoms with Crippen molar-refractivity contribution in [1.29, 1.82) is 0 Å². The zero-order valence-corrected chi connectivity index (χ0v) is 26.0. The normalized spacial score (nSPS) is 18.9. The first kappa shape index (κ1) is 27.4. The van der Waals surface area contributed by atoms with Gasteiger partial charge in [-0.25, -0.2) is 0 Å². The molecule has 4 heteroatoms. The summed E-state index contributed by atoms with van der Waals surface area (Å²) in [5.41, 5.74) is 10.4. The minimum atomic E-state index is -1.94.